The Kier molecular flexibility index (Phi) is 5.98. The number of aryl methyl sites for hydroxylation is 1. The summed E-state index contributed by atoms with van der Waals surface area (Å²) >= 11 is 3.33. The van der Waals surface area contributed by atoms with Gasteiger partial charge in [0.15, 0.2) is 0 Å². The minimum absolute atomic E-state index is 0.229. The minimum atomic E-state index is -3.52. The number of nitrogens with two attached hydrogens (primary N) is 1. The van der Waals surface area contributed by atoms with Crippen molar-refractivity contribution in [1.82, 2.24) is 4.72 Å². The van der Waals surface area contributed by atoms with Gasteiger partial charge in [0.1, 0.15) is 0 Å². The van der Waals surface area contributed by atoms with E-state index in [1.807, 2.05) is 13.8 Å². The van der Waals surface area contributed by atoms with Crippen LogP contribution in [0.3, 0.4) is 0 Å². The van der Waals surface area contributed by atoms with Crippen molar-refractivity contribution in [1.29, 1.82) is 0 Å². The number of sulfonamides is 1. The van der Waals surface area contributed by atoms with Crippen molar-refractivity contribution in [2.45, 2.75) is 38.1 Å². The summed E-state index contributed by atoms with van der Waals surface area (Å²) < 4.78 is 28.2. The van der Waals surface area contributed by atoms with E-state index >= 15 is 0 Å². The monoisotopic (exact) mass is 348 g/mol. The van der Waals surface area contributed by atoms with Gasteiger partial charge in [-0.2, -0.15) is 0 Å². The molecule has 0 heterocycles. The highest BCUT2D eigenvalue weighted by Crippen LogP contribution is 2.20. The smallest absolute Gasteiger partial charge is 0.241 e. The second-order valence-electron chi connectivity index (χ2n) is 5.09. The molecule has 1 rings (SSSR count). The van der Waals surface area contributed by atoms with Gasteiger partial charge in [0.05, 0.1) is 4.90 Å². The molecule has 0 aliphatic heterocycles. The lowest BCUT2D eigenvalue weighted by Crippen LogP contribution is -2.41. The molecule has 0 fully saturated rings. The van der Waals surface area contributed by atoms with Gasteiger partial charge in [-0.15, -0.1) is 0 Å². The molecule has 0 spiro atoms. The molecule has 0 radical (unpaired) electrons. The van der Waals surface area contributed by atoms with E-state index < -0.39 is 10.0 Å². The molecule has 0 aliphatic rings. The normalized spacial score (nSPS) is 13.8. The lowest BCUT2D eigenvalue weighted by atomic mass is 10.1. The van der Waals surface area contributed by atoms with Crippen molar-refractivity contribution in [3.63, 3.8) is 0 Å². The quantitative estimate of drug-likeness (QED) is 0.828. The molecule has 1 atom stereocenters. The fourth-order valence-electron chi connectivity index (χ4n) is 1.96. The molecule has 19 heavy (non-hydrogen) atoms. The summed E-state index contributed by atoms with van der Waals surface area (Å²) in [6, 6.07) is 4.88. The molecule has 0 amide bonds. The molecule has 0 saturated carbocycles. The third kappa shape index (κ3) is 4.87. The van der Waals surface area contributed by atoms with Crippen molar-refractivity contribution in [2.24, 2.45) is 11.7 Å². The Labute approximate surface area is 124 Å². The van der Waals surface area contributed by atoms with Gasteiger partial charge in [0.25, 0.3) is 0 Å². The summed E-state index contributed by atoms with van der Waals surface area (Å²) in [4.78, 5) is 0.304. The van der Waals surface area contributed by atoms with E-state index in [1.165, 1.54) is 0 Å². The summed E-state index contributed by atoms with van der Waals surface area (Å²) in [5.41, 5.74) is 6.34. The standard InChI is InChI=1S/C13H21BrN2O2S/c1-9(2)6-12(8-15)16-19(17,18)13-5-4-11(14)7-10(13)3/h4-5,7,9,12,16H,6,8,15H2,1-3H3. The highest BCUT2D eigenvalue weighted by atomic mass is 79.9. The first kappa shape index (κ1) is 16.6. The maximum atomic E-state index is 12.3. The Morgan fingerprint density at radius 2 is 2.00 bits per heavy atom. The predicted molar refractivity (Wildman–Crippen MR) is 81.5 cm³/mol. The van der Waals surface area contributed by atoms with Crippen molar-refractivity contribution in [2.75, 3.05) is 6.54 Å². The van der Waals surface area contributed by atoms with Gasteiger partial charge < -0.3 is 5.73 Å². The fraction of sp³-hybridized carbons (Fsp3) is 0.538. The molecular formula is C13H21BrN2O2S. The number of rotatable bonds is 6. The summed E-state index contributed by atoms with van der Waals surface area (Å²) in [6.07, 6.45) is 0.727. The summed E-state index contributed by atoms with van der Waals surface area (Å²) in [6.45, 7) is 6.16. The first-order valence-electron chi connectivity index (χ1n) is 6.24. The molecule has 1 aromatic rings. The van der Waals surface area contributed by atoms with Crippen LogP contribution in [0, 0.1) is 12.8 Å². The van der Waals surface area contributed by atoms with Gasteiger partial charge in [0, 0.05) is 17.1 Å². The van der Waals surface area contributed by atoms with Crippen LogP contribution in [0.2, 0.25) is 0 Å². The minimum Gasteiger partial charge on any atom is -0.329 e. The topological polar surface area (TPSA) is 72.2 Å². The van der Waals surface area contributed by atoms with Gasteiger partial charge in [-0.25, -0.2) is 13.1 Å². The Bertz CT molecular complexity index is 529. The second kappa shape index (κ2) is 6.83. The number of hydrogen-bond donors (Lipinski definition) is 2. The van der Waals surface area contributed by atoms with Crippen molar-refractivity contribution in [3.8, 4) is 0 Å². The molecule has 4 nitrogen and oxygen atoms in total. The van der Waals surface area contributed by atoms with Gasteiger partial charge in [-0.3, -0.25) is 0 Å². The fourth-order valence-corrected chi connectivity index (χ4v) is 3.92. The van der Waals surface area contributed by atoms with Crippen LogP contribution in [0.1, 0.15) is 25.8 Å². The maximum absolute atomic E-state index is 12.3. The summed E-state index contributed by atoms with van der Waals surface area (Å²) in [5.74, 6) is 0.391. The summed E-state index contributed by atoms with van der Waals surface area (Å²) in [7, 11) is -3.52. The van der Waals surface area contributed by atoms with E-state index in [0.29, 0.717) is 22.9 Å². The van der Waals surface area contributed by atoms with E-state index in [-0.39, 0.29) is 6.04 Å². The Hall–Kier alpha value is -0.430. The first-order chi connectivity index (χ1) is 8.76. The number of hydrogen-bond acceptors (Lipinski definition) is 3. The van der Waals surface area contributed by atoms with Crippen LogP contribution >= 0.6 is 15.9 Å². The molecule has 0 bridgehead atoms. The van der Waals surface area contributed by atoms with E-state index in [9.17, 15) is 8.42 Å². The lowest BCUT2D eigenvalue weighted by Gasteiger charge is -2.19. The molecule has 108 valence electrons. The average molecular weight is 349 g/mol. The Morgan fingerprint density at radius 1 is 1.37 bits per heavy atom. The van der Waals surface area contributed by atoms with E-state index in [4.69, 9.17) is 5.73 Å². The number of benzene rings is 1. The number of halogens is 1. The zero-order chi connectivity index (χ0) is 14.6. The third-order valence-corrected chi connectivity index (χ3v) is 4.96. The lowest BCUT2D eigenvalue weighted by molar-refractivity contribution is 0.465. The molecular weight excluding hydrogens is 328 g/mol. The van der Waals surface area contributed by atoms with Gasteiger partial charge >= 0.3 is 0 Å². The van der Waals surface area contributed by atoms with Crippen LogP contribution in [-0.2, 0) is 10.0 Å². The van der Waals surface area contributed by atoms with Gasteiger partial charge in [-0.1, -0.05) is 29.8 Å². The Morgan fingerprint density at radius 3 is 2.47 bits per heavy atom. The molecule has 0 saturated heterocycles. The van der Waals surface area contributed by atoms with Crippen molar-refractivity contribution < 1.29 is 8.42 Å². The maximum Gasteiger partial charge on any atom is 0.241 e. The third-order valence-electron chi connectivity index (χ3n) is 2.79. The molecule has 1 aromatic carbocycles. The predicted octanol–water partition coefficient (Wildman–Crippen LogP) is 2.41. The average Bonchev–Trinajstić information content (AvgIpc) is 2.26. The Balaban J connectivity index is 2.97. The molecule has 1 unspecified atom stereocenters. The van der Waals surface area contributed by atoms with E-state index in [2.05, 4.69) is 20.7 Å². The SMILES string of the molecule is Cc1cc(Br)ccc1S(=O)(=O)NC(CN)CC(C)C. The zero-order valence-corrected chi connectivity index (χ0v) is 13.9. The molecule has 0 aromatic heterocycles. The highest BCUT2D eigenvalue weighted by molar-refractivity contribution is 9.10. The van der Waals surface area contributed by atoms with Gasteiger partial charge in [-0.05, 0) is 43.0 Å². The molecule has 0 aliphatic carbocycles. The van der Waals surface area contributed by atoms with Crippen molar-refractivity contribution >= 4 is 26.0 Å². The van der Waals surface area contributed by atoms with E-state index in [0.717, 1.165) is 10.9 Å². The molecule has 3 N–H and O–H groups in total. The largest absolute Gasteiger partial charge is 0.329 e. The van der Waals surface area contributed by atoms with Crippen LogP contribution in [-0.4, -0.2) is 21.0 Å². The first-order valence-corrected chi connectivity index (χ1v) is 8.52. The zero-order valence-electron chi connectivity index (χ0n) is 11.5. The van der Waals surface area contributed by atoms with Crippen LogP contribution < -0.4 is 10.5 Å². The van der Waals surface area contributed by atoms with Crippen LogP contribution in [0.5, 0.6) is 0 Å². The van der Waals surface area contributed by atoms with Crippen LogP contribution in [0.4, 0.5) is 0 Å². The number of nitrogens with one attached hydrogen (secondary N) is 1. The van der Waals surface area contributed by atoms with E-state index in [1.54, 1.807) is 25.1 Å². The van der Waals surface area contributed by atoms with Crippen LogP contribution in [0.15, 0.2) is 27.6 Å². The molecule has 6 heteroatoms. The van der Waals surface area contributed by atoms with Gasteiger partial charge in [0.2, 0.25) is 10.0 Å². The van der Waals surface area contributed by atoms with Crippen LogP contribution in [0.25, 0.3) is 0 Å². The highest BCUT2D eigenvalue weighted by Gasteiger charge is 2.21. The van der Waals surface area contributed by atoms with Crippen molar-refractivity contribution in [3.05, 3.63) is 28.2 Å². The summed E-state index contributed by atoms with van der Waals surface area (Å²) in [5, 5.41) is 0. The second-order valence-corrected chi connectivity index (χ2v) is 7.69.